The Morgan fingerprint density at radius 1 is 1.22 bits per heavy atom. The van der Waals surface area contributed by atoms with Gasteiger partial charge >= 0.3 is 0 Å². The van der Waals surface area contributed by atoms with Crippen molar-refractivity contribution in [1.82, 2.24) is 4.90 Å². The summed E-state index contributed by atoms with van der Waals surface area (Å²) in [5, 5.41) is 0.829. The maximum Gasteiger partial charge on any atom is 0.123 e. The van der Waals surface area contributed by atoms with Gasteiger partial charge in [-0.05, 0) is 69.0 Å². The summed E-state index contributed by atoms with van der Waals surface area (Å²) in [6.07, 6.45) is 8.63. The van der Waals surface area contributed by atoms with Gasteiger partial charge in [-0.25, -0.2) is 0 Å². The summed E-state index contributed by atoms with van der Waals surface area (Å²) in [7, 11) is 0. The lowest BCUT2D eigenvalue weighted by Gasteiger charge is -2.43. The highest BCUT2D eigenvalue weighted by Gasteiger charge is 2.47. The summed E-state index contributed by atoms with van der Waals surface area (Å²) < 4.78 is 6.57. The first-order valence-corrected chi connectivity index (χ1v) is 9.74. The van der Waals surface area contributed by atoms with Crippen molar-refractivity contribution in [2.45, 2.75) is 64.4 Å². The second kappa shape index (κ2) is 7.44. The predicted octanol–water partition coefficient (Wildman–Crippen LogP) is 5.33. The highest BCUT2D eigenvalue weighted by Crippen LogP contribution is 2.47. The molecule has 128 valence electrons. The molecule has 1 fully saturated rings. The largest absolute Gasteiger partial charge is 0.486 e. The molecule has 0 N–H and O–H groups in total. The van der Waals surface area contributed by atoms with Crippen LogP contribution in [0, 0.1) is 5.92 Å². The minimum atomic E-state index is 0.0188. The molecule has 1 aromatic carbocycles. The van der Waals surface area contributed by atoms with Crippen LogP contribution in [0.15, 0.2) is 18.2 Å². The SMILES string of the molecule is CCCN(CCC)C[C@H]1CCCC[C@]12Cc1cc(Cl)ccc1O2. The highest BCUT2D eigenvalue weighted by atomic mass is 35.5. The van der Waals surface area contributed by atoms with Crippen LogP contribution in [0.5, 0.6) is 5.75 Å². The van der Waals surface area contributed by atoms with Crippen LogP contribution in [0.3, 0.4) is 0 Å². The molecule has 3 rings (SSSR count). The van der Waals surface area contributed by atoms with Gasteiger partial charge in [-0.15, -0.1) is 0 Å². The molecular weight excluding hydrogens is 306 g/mol. The first-order chi connectivity index (χ1) is 11.2. The van der Waals surface area contributed by atoms with Crippen LogP contribution in [0.1, 0.15) is 57.9 Å². The van der Waals surface area contributed by atoms with E-state index < -0.39 is 0 Å². The number of benzene rings is 1. The smallest absolute Gasteiger partial charge is 0.123 e. The van der Waals surface area contributed by atoms with Crippen molar-refractivity contribution in [3.63, 3.8) is 0 Å². The van der Waals surface area contributed by atoms with Crippen LogP contribution >= 0.6 is 11.6 Å². The minimum absolute atomic E-state index is 0.0188. The summed E-state index contributed by atoms with van der Waals surface area (Å²) in [6, 6.07) is 6.12. The Labute approximate surface area is 146 Å². The Balaban J connectivity index is 1.77. The molecule has 0 radical (unpaired) electrons. The second-order valence-electron chi connectivity index (χ2n) is 7.34. The number of rotatable bonds is 6. The molecule has 2 aliphatic rings. The second-order valence-corrected chi connectivity index (χ2v) is 7.78. The standard InChI is InChI=1S/C20H30ClNO/c1-3-11-22(12-4-2)15-17-7-5-6-10-20(17)14-16-13-18(21)8-9-19(16)23-20/h8-9,13,17H,3-7,10-12,14-15H2,1-2H3/t17-,20+/m1/s1. The van der Waals surface area contributed by atoms with Crippen LogP contribution in [0.4, 0.5) is 0 Å². The fourth-order valence-electron chi connectivity index (χ4n) is 4.51. The molecule has 0 aromatic heterocycles. The van der Waals surface area contributed by atoms with E-state index in [1.54, 1.807) is 0 Å². The molecule has 0 bridgehead atoms. The third-order valence-electron chi connectivity index (χ3n) is 5.53. The summed E-state index contributed by atoms with van der Waals surface area (Å²) in [6.45, 7) is 8.16. The first kappa shape index (κ1) is 17.1. The Morgan fingerprint density at radius 3 is 2.74 bits per heavy atom. The van der Waals surface area contributed by atoms with Crippen molar-refractivity contribution in [2.75, 3.05) is 19.6 Å². The molecule has 1 spiro atoms. The fourth-order valence-corrected chi connectivity index (χ4v) is 4.70. The zero-order chi connectivity index (χ0) is 16.3. The number of fused-ring (bicyclic) bond motifs is 1. The van der Waals surface area contributed by atoms with Crippen molar-refractivity contribution in [3.8, 4) is 5.75 Å². The van der Waals surface area contributed by atoms with E-state index in [1.807, 2.05) is 6.07 Å². The van der Waals surface area contributed by atoms with Gasteiger partial charge in [0.15, 0.2) is 0 Å². The predicted molar refractivity (Wildman–Crippen MR) is 97.5 cm³/mol. The summed E-state index contributed by atoms with van der Waals surface area (Å²) >= 11 is 6.19. The first-order valence-electron chi connectivity index (χ1n) is 9.36. The van der Waals surface area contributed by atoms with Gasteiger partial charge in [0.05, 0.1) is 0 Å². The third-order valence-corrected chi connectivity index (χ3v) is 5.77. The number of nitrogens with zero attached hydrogens (tertiary/aromatic N) is 1. The van der Waals surface area contributed by atoms with Crippen LogP contribution in [-0.4, -0.2) is 30.1 Å². The lowest BCUT2D eigenvalue weighted by Crippen LogP contribution is -2.50. The molecule has 1 aliphatic carbocycles. The normalized spacial score (nSPS) is 26.5. The van der Waals surface area contributed by atoms with E-state index in [0.29, 0.717) is 5.92 Å². The van der Waals surface area contributed by atoms with Gasteiger partial charge in [-0.3, -0.25) is 0 Å². The molecule has 0 unspecified atom stereocenters. The Kier molecular flexibility index (Phi) is 5.53. The van der Waals surface area contributed by atoms with E-state index in [0.717, 1.165) is 17.2 Å². The minimum Gasteiger partial charge on any atom is -0.486 e. The number of ether oxygens (including phenoxy) is 1. The lowest BCUT2D eigenvalue weighted by atomic mass is 9.73. The van der Waals surface area contributed by atoms with Gasteiger partial charge in [0.2, 0.25) is 0 Å². The van der Waals surface area contributed by atoms with E-state index >= 15 is 0 Å². The number of hydrogen-bond acceptors (Lipinski definition) is 2. The Morgan fingerprint density at radius 2 is 2.00 bits per heavy atom. The molecule has 3 heteroatoms. The quantitative estimate of drug-likeness (QED) is 0.697. The average molecular weight is 336 g/mol. The number of hydrogen-bond donors (Lipinski definition) is 0. The molecule has 1 aromatic rings. The van der Waals surface area contributed by atoms with Gasteiger partial charge < -0.3 is 9.64 Å². The van der Waals surface area contributed by atoms with E-state index in [1.165, 1.54) is 63.7 Å². The van der Waals surface area contributed by atoms with Gasteiger partial charge in [-0.2, -0.15) is 0 Å². The Bertz CT molecular complexity index is 526. The molecule has 0 amide bonds. The Hall–Kier alpha value is -0.730. The summed E-state index contributed by atoms with van der Waals surface area (Å²) in [4.78, 5) is 2.65. The topological polar surface area (TPSA) is 12.5 Å². The maximum atomic E-state index is 6.57. The molecule has 1 heterocycles. The van der Waals surface area contributed by atoms with Gasteiger partial charge in [0, 0.05) is 23.9 Å². The van der Waals surface area contributed by atoms with Crippen LogP contribution in [-0.2, 0) is 6.42 Å². The van der Waals surface area contributed by atoms with E-state index in [-0.39, 0.29) is 5.60 Å². The van der Waals surface area contributed by atoms with Gasteiger partial charge in [-0.1, -0.05) is 31.9 Å². The van der Waals surface area contributed by atoms with E-state index in [2.05, 4.69) is 30.9 Å². The average Bonchev–Trinajstić information content (AvgIpc) is 2.88. The van der Waals surface area contributed by atoms with Crippen molar-refractivity contribution in [3.05, 3.63) is 28.8 Å². The molecule has 23 heavy (non-hydrogen) atoms. The fraction of sp³-hybridized carbons (Fsp3) is 0.700. The van der Waals surface area contributed by atoms with Crippen LogP contribution in [0.2, 0.25) is 5.02 Å². The molecule has 2 nitrogen and oxygen atoms in total. The molecule has 0 saturated heterocycles. The highest BCUT2D eigenvalue weighted by molar-refractivity contribution is 6.30. The molecular formula is C20H30ClNO. The molecule has 1 aliphatic heterocycles. The van der Waals surface area contributed by atoms with Crippen molar-refractivity contribution < 1.29 is 4.74 Å². The van der Waals surface area contributed by atoms with Crippen LogP contribution < -0.4 is 4.74 Å². The zero-order valence-electron chi connectivity index (χ0n) is 14.6. The maximum absolute atomic E-state index is 6.57. The molecule has 1 saturated carbocycles. The third kappa shape index (κ3) is 3.69. The van der Waals surface area contributed by atoms with Crippen molar-refractivity contribution >= 4 is 11.6 Å². The summed E-state index contributed by atoms with van der Waals surface area (Å²) in [5.41, 5.74) is 1.33. The lowest BCUT2D eigenvalue weighted by molar-refractivity contribution is -0.0204. The zero-order valence-corrected chi connectivity index (χ0v) is 15.4. The van der Waals surface area contributed by atoms with E-state index in [4.69, 9.17) is 16.3 Å². The van der Waals surface area contributed by atoms with Crippen molar-refractivity contribution in [2.24, 2.45) is 5.92 Å². The van der Waals surface area contributed by atoms with Crippen molar-refractivity contribution in [1.29, 1.82) is 0 Å². The monoisotopic (exact) mass is 335 g/mol. The van der Waals surface area contributed by atoms with Gasteiger partial charge in [0.1, 0.15) is 11.4 Å². The van der Waals surface area contributed by atoms with Gasteiger partial charge in [0.25, 0.3) is 0 Å². The number of halogens is 1. The van der Waals surface area contributed by atoms with E-state index in [9.17, 15) is 0 Å². The van der Waals surface area contributed by atoms with Crippen LogP contribution in [0.25, 0.3) is 0 Å². The summed E-state index contributed by atoms with van der Waals surface area (Å²) in [5.74, 6) is 1.71. The molecule has 2 atom stereocenters.